The van der Waals surface area contributed by atoms with E-state index in [0.29, 0.717) is 16.0 Å². The minimum absolute atomic E-state index is 0.101. The molecule has 3 rings (SSSR count). The third kappa shape index (κ3) is 3.69. The first-order valence-corrected chi connectivity index (χ1v) is 9.18. The van der Waals surface area contributed by atoms with E-state index in [1.165, 1.54) is 49.6 Å². The maximum Gasteiger partial charge on any atom is 0.233 e. The van der Waals surface area contributed by atoms with Crippen LogP contribution >= 0.6 is 35.1 Å². The SMILES string of the molecule is O=C(NSc1ccc(C2CCCCC2)c(Cl)c1Cl)C1CC1. The number of nitrogens with one attached hydrogen (secondary N) is 1. The van der Waals surface area contributed by atoms with Crippen LogP contribution in [0.4, 0.5) is 0 Å². The summed E-state index contributed by atoms with van der Waals surface area (Å²) in [6.45, 7) is 0. The van der Waals surface area contributed by atoms with Crippen molar-refractivity contribution in [3.8, 4) is 0 Å². The van der Waals surface area contributed by atoms with Crippen LogP contribution in [0.1, 0.15) is 56.4 Å². The van der Waals surface area contributed by atoms with E-state index >= 15 is 0 Å². The molecule has 0 unspecified atom stereocenters. The van der Waals surface area contributed by atoms with Crippen molar-refractivity contribution < 1.29 is 4.79 Å². The van der Waals surface area contributed by atoms with Crippen molar-refractivity contribution in [3.63, 3.8) is 0 Å². The molecule has 0 spiro atoms. The van der Waals surface area contributed by atoms with Gasteiger partial charge >= 0.3 is 0 Å². The highest BCUT2D eigenvalue weighted by molar-refractivity contribution is 7.98. The lowest BCUT2D eigenvalue weighted by Gasteiger charge is -2.23. The van der Waals surface area contributed by atoms with Gasteiger partial charge in [0.25, 0.3) is 0 Å². The number of benzene rings is 1. The van der Waals surface area contributed by atoms with Gasteiger partial charge in [-0.05, 0) is 55.2 Å². The molecule has 2 nitrogen and oxygen atoms in total. The lowest BCUT2D eigenvalue weighted by molar-refractivity contribution is -0.120. The Hall–Kier alpha value is -0.380. The second-order valence-corrected chi connectivity index (χ2v) is 7.56. The molecular weight excluding hydrogens is 325 g/mol. The zero-order chi connectivity index (χ0) is 14.8. The minimum atomic E-state index is 0.101. The van der Waals surface area contributed by atoms with Crippen LogP contribution in [0.15, 0.2) is 17.0 Å². The van der Waals surface area contributed by atoms with Crippen molar-refractivity contribution in [1.29, 1.82) is 0 Å². The third-order valence-corrected chi connectivity index (χ3v) is 6.20. The second kappa shape index (κ2) is 6.80. The van der Waals surface area contributed by atoms with Crippen molar-refractivity contribution in [2.45, 2.75) is 55.8 Å². The minimum Gasteiger partial charge on any atom is -0.296 e. The van der Waals surface area contributed by atoms with E-state index in [-0.39, 0.29) is 11.8 Å². The molecule has 0 radical (unpaired) electrons. The Labute approximate surface area is 140 Å². The summed E-state index contributed by atoms with van der Waals surface area (Å²) in [5.74, 6) is 0.834. The van der Waals surface area contributed by atoms with E-state index in [1.54, 1.807) is 0 Å². The van der Waals surface area contributed by atoms with E-state index in [2.05, 4.69) is 10.8 Å². The number of halogens is 2. The molecule has 0 atom stereocenters. The highest BCUT2D eigenvalue weighted by Crippen LogP contribution is 2.42. The van der Waals surface area contributed by atoms with Crippen LogP contribution in [0, 0.1) is 5.92 Å². The molecule has 0 heterocycles. The summed E-state index contributed by atoms with van der Waals surface area (Å²) < 4.78 is 2.86. The molecule has 114 valence electrons. The topological polar surface area (TPSA) is 29.1 Å². The molecule has 1 aromatic rings. The van der Waals surface area contributed by atoms with Gasteiger partial charge in [-0.15, -0.1) is 0 Å². The van der Waals surface area contributed by atoms with Crippen LogP contribution in [0.2, 0.25) is 10.0 Å². The van der Waals surface area contributed by atoms with Gasteiger partial charge < -0.3 is 0 Å². The van der Waals surface area contributed by atoms with Gasteiger partial charge in [0.15, 0.2) is 0 Å². The fourth-order valence-corrected chi connectivity index (χ4v) is 4.26. The molecule has 5 heteroatoms. The highest BCUT2D eigenvalue weighted by atomic mass is 35.5. The Morgan fingerprint density at radius 3 is 2.43 bits per heavy atom. The number of rotatable bonds is 4. The summed E-state index contributed by atoms with van der Waals surface area (Å²) in [7, 11) is 0. The van der Waals surface area contributed by atoms with Gasteiger partial charge in [0.05, 0.1) is 10.0 Å². The summed E-state index contributed by atoms with van der Waals surface area (Å²) >= 11 is 14.1. The largest absolute Gasteiger partial charge is 0.296 e. The van der Waals surface area contributed by atoms with Crippen LogP contribution in [-0.2, 0) is 4.79 Å². The fraction of sp³-hybridized carbons (Fsp3) is 0.562. The number of carbonyl (C=O) groups is 1. The quantitative estimate of drug-likeness (QED) is 0.723. The van der Waals surface area contributed by atoms with E-state index < -0.39 is 0 Å². The van der Waals surface area contributed by atoms with Crippen LogP contribution in [0.25, 0.3) is 0 Å². The molecule has 0 bridgehead atoms. The zero-order valence-corrected chi connectivity index (χ0v) is 14.2. The summed E-state index contributed by atoms with van der Waals surface area (Å²) in [5, 5.41) is 1.23. The van der Waals surface area contributed by atoms with Gasteiger partial charge in [-0.3, -0.25) is 9.52 Å². The standard InChI is InChI=1S/C16H19Cl2NOS/c17-14-12(10-4-2-1-3-5-10)8-9-13(15(14)18)21-19-16(20)11-6-7-11/h8-11H,1-7H2,(H,19,20). The van der Waals surface area contributed by atoms with Gasteiger partial charge in [-0.1, -0.05) is 48.5 Å². The van der Waals surface area contributed by atoms with Crippen molar-refractivity contribution in [1.82, 2.24) is 4.72 Å². The monoisotopic (exact) mass is 343 g/mol. The Balaban J connectivity index is 1.70. The average molecular weight is 344 g/mol. The maximum absolute atomic E-state index is 11.7. The van der Waals surface area contributed by atoms with Crippen LogP contribution in [0.3, 0.4) is 0 Å². The first-order chi connectivity index (χ1) is 10.2. The molecule has 1 amide bonds. The van der Waals surface area contributed by atoms with Gasteiger partial charge in [-0.25, -0.2) is 0 Å². The molecule has 0 aromatic heterocycles. The predicted molar refractivity (Wildman–Crippen MR) is 89.0 cm³/mol. The fourth-order valence-electron chi connectivity index (χ4n) is 2.89. The first kappa shape index (κ1) is 15.5. The van der Waals surface area contributed by atoms with E-state index in [0.717, 1.165) is 17.7 Å². The molecule has 1 aromatic carbocycles. The number of hydrogen-bond donors (Lipinski definition) is 1. The van der Waals surface area contributed by atoms with Crippen molar-refractivity contribution in [2.75, 3.05) is 0 Å². The Morgan fingerprint density at radius 1 is 1.05 bits per heavy atom. The molecular formula is C16H19Cl2NOS. The molecule has 2 aliphatic carbocycles. The van der Waals surface area contributed by atoms with Crippen LogP contribution in [-0.4, -0.2) is 5.91 Å². The summed E-state index contributed by atoms with van der Waals surface area (Å²) in [5.41, 5.74) is 1.17. The van der Waals surface area contributed by atoms with Crippen molar-refractivity contribution >= 4 is 41.1 Å². The molecule has 0 saturated heterocycles. The van der Waals surface area contributed by atoms with Crippen LogP contribution in [0.5, 0.6) is 0 Å². The molecule has 21 heavy (non-hydrogen) atoms. The summed E-state index contributed by atoms with van der Waals surface area (Å²) in [6.07, 6.45) is 8.26. The molecule has 1 N–H and O–H groups in total. The van der Waals surface area contributed by atoms with E-state index in [4.69, 9.17) is 23.2 Å². The summed E-state index contributed by atoms with van der Waals surface area (Å²) in [4.78, 5) is 12.5. The van der Waals surface area contributed by atoms with Gasteiger partial charge in [0, 0.05) is 10.8 Å². The van der Waals surface area contributed by atoms with Crippen molar-refractivity contribution in [3.05, 3.63) is 27.7 Å². The normalized spacial score (nSPS) is 19.5. The first-order valence-electron chi connectivity index (χ1n) is 7.61. The third-order valence-electron chi connectivity index (χ3n) is 4.33. The second-order valence-electron chi connectivity index (χ2n) is 5.96. The van der Waals surface area contributed by atoms with Gasteiger partial charge in [-0.2, -0.15) is 0 Å². The molecule has 2 saturated carbocycles. The zero-order valence-electron chi connectivity index (χ0n) is 11.8. The molecule has 2 aliphatic rings. The predicted octanol–water partition coefficient (Wildman–Crippen LogP) is 5.57. The number of amides is 1. The Bertz CT molecular complexity index is 539. The molecule has 0 aliphatic heterocycles. The summed E-state index contributed by atoms with van der Waals surface area (Å²) in [6, 6.07) is 4.06. The maximum atomic E-state index is 11.7. The Kier molecular flexibility index (Phi) is 5.03. The van der Waals surface area contributed by atoms with E-state index in [9.17, 15) is 4.79 Å². The lowest BCUT2D eigenvalue weighted by atomic mass is 9.84. The van der Waals surface area contributed by atoms with Crippen LogP contribution < -0.4 is 4.72 Å². The number of carbonyl (C=O) groups excluding carboxylic acids is 1. The average Bonchev–Trinajstić information content (AvgIpc) is 3.34. The smallest absolute Gasteiger partial charge is 0.233 e. The number of hydrogen-bond acceptors (Lipinski definition) is 2. The highest BCUT2D eigenvalue weighted by Gasteiger charge is 2.30. The Morgan fingerprint density at radius 2 is 1.76 bits per heavy atom. The van der Waals surface area contributed by atoms with E-state index in [1.807, 2.05) is 6.07 Å². The molecule has 2 fully saturated rings. The van der Waals surface area contributed by atoms with Gasteiger partial charge in [0.1, 0.15) is 0 Å². The lowest BCUT2D eigenvalue weighted by Crippen LogP contribution is -2.17. The van der Waals surface area contributed by atoms with Crippen molar-refractivity contribution in [2.24, 2.45) is 5.92 Å². The van der Waals surface area contributed by atoms with Gasteiger partial charge in [0.2, 0.25) is 5.91 Å².